The molecule has 0 bridgehead atoms. The first-order valence-electron chi connectivity index (χ1n) is 6.18. The predicted octanol–water partition coefficient (Wildman–Crippen LogP) is 1.58. The third-order valence-corrected chi connectivity index (χ3v) is 3.43. The monoisotopic (exact) mass is 263 g/mol. The number of carbonyl (C=O) groups is 2. The van der Waals surface area contributed by atoms with Crippen LogP contribution in [0.3, 0.4) is 0 Å². The Bertz CT molecular complexity index is 512. The summed E-state index contributed by atoms with van der Waals surface area (Å²) in [6, 6.07) is 4.91. The van der Waals surface area contributed by atoms with Gasteiger partial charge in [0.2, 0.25) is 5.91 Å². The average Bonchev–Trinajstić information content (AvgIpc) is 2.71. The van der Waals surface area contributed by atoms with Crippen molar-refractivity contribution in [2.45, 2.75) is 32.4 Å². The largest absolute Gasteiger partial charge is 0.496 e. The van der Waals surface area contributed by atoms with Crippen molar-refractivity contribution in [2.75, 3.05) is 7.11 Å². The van der Waals surface area contributed by atoms with Gasteiger partial charge in [0, 0.05) is 13.0 Å². The summed E-state index contributed by atoms with van der Waals surface area (Å²) in [4.78, 5) is 24.3. The number of likely N-dealkylation sites (tertiary alicyclic amines) is 1. The highest BCUT2D eigenvalue weighted by Crippen LogP contribution is 2.24. The minimum Gasteiger partial charge on any atom is -0.496 e. The standard InChI is InChI=1S/C14H17NO4/c1-9-7-10(3-5-12(9)19-2)8-15-11(14(17)18)4-6-13(15)16/h3,5,7,11H,4,6,8H2,1-2H3,(H,17,18). The maximum Gasteiger partial charge on any atom is 0.326 e. The lowest BCUT2D eigenvalue weighted by atomic mass is 10.1. The van der Waals surface area contributed by atoms with Crippen molar-refractivity contribution in [2.24, 2.45) is 0 Å². The normalized spacial score (nSPS) is 18.7. The number of ether oxygens (including phenoxy) is 1. The number of methoxy groups -OCH3 is 1. The number of aliphatic carboxylic acids is 1. The predicted molar refractivity (Wildman–Crippen MR) is 68.9 cm³/mol. The second-order valence-electron chi connectivity index (χ2n) is 4.72. The molecule has 0 spiro atoms. The average molecular weight is 263 g/mol. The van der Waals surface area contributed by atoms with Crippen LogP contribution in [-0.4, -0.2) is 35.0 Å². The van der Waals surface area contributed by atoms with Crippen LogP contribution in [0.2, 0.25) is 0 Å². The van der Waals surface area contributed by atoms with Crippen molar-refractivity contribution in [1.29, 1.82) is 0 Å². The molecule has 1 unspecified atom stereocenters. The van der Waals surface area contributed by atoms with Gasteiger partial charge in [0.15, 0.2) is 0 Å². The summed E-state index contributed by atoms with van der Waals surface area (Å²) in [5.41, 5.74) is 1.89. The highest BCUT2D eigenvalue weighted by atomic mass is 16.5. The fourth-order valence-corrected chi connectivity index (χ4v) is 2.42. The lowest BCUT2D eigenvalue weighted by Crippen LogP contribution is -2.37. The van der Waals surface area contributed by atoms with Crippen LogP contribution < -0.4 is 4.74 Å². The Hall–Kier alpha value is -2.04. The van der Waals surface area contributed by atoms with E-state index in [4.69, 9.17) is 9.84 Å². The molecule has 0 aliphatic carbocycles. The van der Waals surface area contributed by atoms with E-state index in [0.29, 0.717) is 19.4 Å². The third-order valence-electron chi connectivity index (χ3n) is 3.43. The van der Waals surface area contributed by atoms with Gasteiger partial charge in [-0.2, -0.15) is 0 Å². The zero-order valence-corrected chi connectivity index (χ0v) is 11.0. The minimum atomic E-state index is -0.934. The molecule has 2 rings (SSSR count). The number of aryl methyl sites for hydroxylation is 1. The highest BCUT2D eigenvalue weighted by molar-refractivity contribution is 5.87. The lowest BCUT2D eigenvalue weighted by molar-refractivity contribution is -0.146. The van der Waals surface area contributed by atoms with Gasteiger partial charge in [-0.05, 0) is 30.5 Å². The number of amides is 1. The van der Waals surface area contributed by atoms with Crippen LogP contribution >= 0.6 is 0 Å². The van der Waals surface area contributed by atoms with Gasteiger partial charge < -0.3 is 14.7 Å². The van der Waals surface area contributed by atoms with E-state index in [-0.39, 0.29) is 5.91 Å². The maximum atomic E-state index is 11.7. The van der Waals surface area contributed by atoms with E-state index in [2.05, 4.69) is 0 Å². The molecule has 102 valence electrons. The molecule has 19 heavy (non-hydrogen) atoms. The van der Waals surface area contributed by atoms with E-state index in [0.717, 1.165) is 16.9 Å². The van der Waals surface area contributed by atoms with E-state index in [9.17, 15) is 9.59 Å². The summed E-state index contributed by atoms with van der Waals surface area (Å²) in [6.07, 6.45) is 0.704. The van der Waals surface area contributed by atoms with Crippen molar-refractivity contribution in [3.63, 3.8) is 0 Å². The van der Waals surface area contributed by atoms with Crippen molar-refractivity contribution >= 4 is 11.9 Å². The number of carboxylic acids is 1. The zero-order chi connectivity index (χ0) is 14.0. The first kappa shape index (κ1) is 13.4. The number of carboxylic acid groups (broad SMARTS) is 1. The van der Waals surface area contributed by atoms with Crippen molar-refractivity contribution < 1.29 is 19.4 Å². The minimum absolute atomic E-state index is 0.0964. The Morgan fingerprint density at radius 1 is 1.53 bits per heavy atom. The van der Waals surface area contributed by atoms with Gasteiger partial charge in [0.05, 0.1) is 7.11 Å². The molecule has 1 fully saturated rings. The van der Waals surface area contributed by atoms with Gasteiger partial charge in [-0.15, -0.1) is 0 Å². The smallest absolute Gasteiger partial charge is 0.326 e. The van der Waals surface area contributed by atoms with E-state index in [1.165, 1.54) is 4.90 Å². The van der Waals surface area contributed by atoms with E-state index >= 15 is 0 Å². The third kappa shape index (κ3) is 2.70. The van der Waals surface area contributed by atoms with Crippen LogP contribution in [0, 0.1) is 6.92 Å². The lowest BCUT2D eigenvalue weighted by Gasteiger charge is -2.22. The van der Waals surface area contributed by atoms with Crippen molar-refractivity contribution in [3.8, 4) is 5.75 Å². The Labute approximate surface area is 111 Å². The first-order chi connectivity index (χ1) is 9.02. The molecule has 1 N–H and O–H groups in total. The second-order valence-corrected chi connectivity index (χ2v) is 4.72. The van der Waals surface area contributed by atoms with Crippen LogP contribution in [0.4, 0.5) is 0 Å². The van der Waals surface area contributed by atoms with Gasteiger partial charge in [-0.3, -0.25) is 4.79 Å². The summed E-state index contributed by atoms with van der Waals surface area (Å²) < 4.78 is 5.18. The molecule has 1 amide bonds. The fourth-order valence-electron chi connectivity index (χ4n) is 2.42. The van der Waals surface area contributed by atoms with Crippen LogP contribution in [-0.2, 0) is 16.1 Å². The molecular weight excluding hydrogens is 246 g/mol. The molecule has 5 heteroatoms. The molecular formula is C14H17NO4. The molecule has 1 atom stereocenters. The molecule has 1 aliphatic heterocycles. The summed E-state index contributed by atoms with van der Waals surface area (Å²) >= 11 is 0. The summed E-state index contributed by atoms with van der Waals surface area (Å²) in [5.74, 6) is -0.247. The second kappa shape index (κ2) is 5.30. The van der Waals surface area contributed by atoms with Gasteiger partial charge in [0.25, 0.3) is 0 Å². The summed E-state index contributed by atoms with van der Waals surface area (Å²) in [7, 11) is 1.60. The maximum absolute atomic E-state index is 11.7. The Balaban J connectivity index is 2.17. The number of carbonyl (C=O) groups excluding carboxylic acids is 1. The number of hydrogen-bond acceptors (Lipinski definition) is 3. The molecule has 5 nitrogen and oxygen atoms in total. The number of benzene rings is 1. The fraction of sp³-hybridized carbons (Fsp3) is 0.429. The zero-order valence-electron chi connectivity index (χ0n) is 11.0. The van der Waals surface area contributed by atoms with Crippen LogP contribution in [0.15, 0.2) is 18.2 Å². The first-order valence-corrected chi connectivity index (χ1v) is 6.18. The summed E-state index contributed by atoms with van der Waals surface area (Å²) in [5, 5.41) is 9.10. The van der Waals surface area contributed by atoms with E-state index in [1.807, 2.05) is 25.1 Å². The quantitative estimate of drug-likeness (QED) is 0.895. The highest BCUT2D eigenvalue weighted by Gasteiger charge is 2.35. The number of hydrogen-bond donors (Lipinski definition) is 1. The van der Waals surface area contributed by atoms with Gasteiger partial charge in [-0.25, -0.2) is 4.79 Å². The molecule has 0 radical (unpaired) electrons. The molecule has 1 saturated heterocycles. The molecule has 1 aromatic rings. The van der Waals surface area contributed by atoms with Gasteiger partial charge in [-0.1, -0.05) is 12.1 Å². The molecule has 1 aromatic carbocycles. The van der Waals surface area contributed by atoms with E-state index < -0.39 is 12.0 Å². The topological polar surface area (TPSA) is 66.8 Å². The Morgan fingerprint density at radius 3 is 2.84 bits per heavy atom. The Morgan fingerprint density at radius 2 is 2.26 bits per heavy atom. The van der Waals surface area contributed by atoms with Crippen molar-refractivity contribution in [3.05, 3.63) is 29.3 Å². The van der Waals surface area contributed by atoms with Crippen LogP contribution in [0.25, 0.3) is 0 Å². The van der Waals surface area contributed by atoms with Gasteiger partial charge >= 0.3 is 5.97 Å². The Kier molecular flexibility index (Phi) is 3.74. The van der Waals surface area contributed by atoms with E-state index in [1.54, 1.807) is 7.11 Å². The van der Waals surface area contributed by atoms with Crippen LogP contribution in [0.5, 0.6) is 5.75 Å². The van der Waals surface area contributed by atoms with Crippen molar-refractivity contribution in [1.82, 2.24) is 4.90 Å². The number of nitrogens with zero attached hydrogens (tertiary/aromatic N) is 1. The molecule has 1 aliphatic rings. The summed E-state index contributed by atoms with van der Waals surface area (Å²) in [6.45, 7) is 2.25. The SMILES string of the molecule is COc1ccc(CN2C(=O)CCC2C(=O)O)cc1C. The molecule has 1 heterocycles. The van der Waals surface area contributed by atoms with Gasteiger partial charge in [0.1, 0.15) is 11.8 Å². The van der Waals surface area contributed by atoms with Crippen LogP contribution in [0.1, 0.15) is 24.0 Å². The molecule has 0 saturated carbocycles. The number of rotatable bonds is 4. The molecule has 0 aromatic heterocycles.